The Balaban J connectivity index is 1.27. The van der Waals surface area contributed by atoms with Crippen molar-refractivity contribution in [1.29, 1.82) is 0 Å². The largest absolute Gasteiger partial charge is 0.390 e. The third kappa shape index (κ3) is 6.36. The summed E-state index contributed by atoms with van der Waals surface area (Å²) < 4.78 is 5.42. The molecule has 10 heteroatoms. The molecule has 1 aliphatic carbocycles. The molecule has 0 bridgehead atoms. The molecule has 1 unspecified atom stereocenters. The van der Waals surface area contributed by atoms with Gasteiger partial charge in [0, 0.05) is 88.3 Å². The first kappa shape index (κ1) is 28.2. The number of morpholine rings is 1. The van der Waals surface area contributed by atoms with Crippen molar-refractivity contribution in [3.8, 4) is 0 Å². The number of hydrogen-bond acceptors (Lipinski definition) is 9. The van der Waals surface area contributed by atoms with Crippen LogP contribution in [0.1, 0.15) is 45.2 Å². The Hall–Kier alpha value is -3.31. The van der Waals surface area contributed by atoms with Gasteiger partial charge >= 0.3 is 0 Å². The summed E-state index contributed by atoms with van der Waals surface area (Å²) in [4.78, 5) is 45.2. The molecular weight excluding hydrogens is 510 g/mol. The van der Waals surface area contributed by atoms with E-state index < -0.39 is 6.10 Å². The van der Waals surface area contributed by atoms with Gasteiger partial charge in [-0.25, -0.2) is 0 Å². The quantitative estimate of drug-likeness (QED) is 0.324. The number of rotatable bonds is 10. The van der Waals surface area contributed by atoms with Crippen LogP contribution >= 0.6 is 0 Å². The van der Waals surface area contributed by atoms with Gasteiger partial charge in [0.2, 0.25) is 5.91 Å². The molecular formula is C30H39N5O5. The van der Waals surface area contributed by atoms with Gasteiger partial charge in [0.1, 0.15) is 0 Å². The van der Waals surface area contributed by atoms with Crippen LogP contribution in [0.15, 0.2) is 36.4 Å². The highest BCUT2D eigenvalue weighted by molar-refractivity contribution is 6.31. The van der Waals surface area contributed by atoms with Crippen LogP contribution in [0.3, 0.4) is 0 Å². The Morgan fingerprint density at radius 2 is 1.48 bits per heavy atom. The summed E-state index contributed by atoms with van der Waals surface area (Å²) in [6, 6.07) is 10.6. The van der Waals surface area contributed by atoms with Crippen LogP contribution in [0.4, 0.5) is 11.4 Å². The molecule has 0 aromatic heterocycles. The second-order valence-corrected chi connectivity index (χ2v) is 10.7. The highest BCUT2D eigenvalue weighted by atomic mass is 16.5. The van der Waals surface area contributed by atoms with Crippen molar-refractivity contribution in [3.05, 3.63) is 58.7 Å². The van der Waals surface area contributed by atoms with Gasteiger partial charge < -0.3 is 25.4 Å². The lowest BCUT2D eigenvalue weighted by atomic mass is 9.82. The number of piperazine rings is 1. The molecule has 2 aromatic carbocycles. The first-order chi connectivity index (χ1) is 19.4. The number of ether oxygens (including phenoxy) is 1. The van der Waals surface area contributed by atoms with E-state index in [2.05, 4.69) is 20.4 Å². The Labute approximate surface area is 235 Å². The van der Waals surface area contributed by atoms with Crippen molar-refractivity contribution in [2.45, 2.75) is 19.4 Å². The molecule has 10 nitrogen and oxygen atoms in total. The average molecular weight is 550 g/mol. The molecule has 1 atom stereocenters. The molecule has 214 valence electrons. The molecule has 40 heavy (non-hydrogen) atoms. The highest BCUT2D eigenvalue weighted by Gasteiger charge is 2.34. The van der Waals surface area contributed by atoms with E-state index in [9.17, 15) is 19.5 Å². The second kappa shape index (κ2) is 12.9. The van der Waals surface area contributed by atoms with E-state index >= 15 is 0 Å². The number of fused-ring (bicyclic) bond motifs is 2. The van der Waals surface area contributed by atoms with Gasteiger partial charge in [-0.3, -0.25) is 24.2 Å². The summed E-state index contributed by atoms with van der Waals surface area (Å²) in [6.07, 6.45) is 0.222. The minimum atomic E-state index is -0.681. The van der Waals surface area contributed by atoms with Gasteiger partial charge in [-0.1, -0.05) is 24.3 Å². The van der Waals surface area contributed by atoms with Crippen molar-refractivity contribution in [2.24, 2.45) is 0 Å². The van der Waals surface area contributed by atoms with Crippen LogP contribution in [0.5, 0.6) is 0 Å². The SMILES string of the molecule is CC(=O)N1CCN(CC(O)CNc2ccc(NCCCN3CCOCC3)c3c2C(=O)c2ccccc2C3=O)CC1. The third-order valence-electron chi connectivity index (χ3n) is 7.96. The van der Waals surface area contributed by atoms with E-state index in [0.717, 1.165) is 39.3 Å². The number of amides is 1. The van der Waals surface area contributed by atoms with Crippen LogP contribution in [-0.4, -0.2) is 122 Å². The van der Waals surface area contributed by atoms with Crippen molar-refractivity contribution in [2.75, 3.05) is 89.3 Å². The summed E-state index contributed by atoms with van der Waals surface area (Å²) in [5, 5.41) is 17.4. The number of carbonyl (C=O) groups excluding carboxylic acids is 3. The molecule has 0 saturated carbocycles. The van der Waals surface area contributed by atoms with Gasteiger partial charge in [-0.05, 0) is 25.1 Å². The van der Waals surface area contributed by atoms with E-state index in [1.165, 1.54) is 0 Å². The van der Waals surface area contributed by atoms with E-state index in [-0.39, 0.29) is 24.0 Å². The van der Waals surface area contributed by atoms with Crippen molar-refractivity contribution >= 4 is 28.8 Å². The Kier molecular flexibility index (Phi) is 9.11. The topological polar surface area (TPSA) is 114 Å². The highest BCUT2D eigenvalue weighted by Crippen LogP contribution is 2.36. The van der Waals surface area contributed by atoms with Gasteiger partial charge in [0.25, 0.3) is 0 Å². The van der Waals surface area contributed by atoms with Gasteiger partial charge in [-0.2, -0.15) is 0 Å². The van der Waals surface area contributed by atoms with E-state index in [4.69, 9.17) is 4.74 Å². The maximum Gasteiger partial charge on any atom is 0.219 e. The number of anilines is 2. The number of nitrogens with zero attached hydrogens (tertiary/aromatic N) is 3. The molecule has 2 heterocycles. The minimum Gasteiger partial charge on any atom is -0.390 e. The maximum absolute atomic E-state index is 13.7. The van der Waals surface area contributed by atoms with Crippen molar-refractivity contribution in [3.63, 3.8) is 0 Å². The molecule has 2 fully saturated rings. The number of nitrogens with one attached hydrogen (secondary N) is 2. The number of carbonyl (C=O) groups is 3. The summed E-state index contributed by atoms with van der Waals surface area (Å²) in [5.41, 5.74) is 2.75. The predicted octanol–water partition coefficient (Wildman–Crippen LogP) is 1.53. The number of benzene rings is 2. The van der Waals surface area contributed by atoms with E-state index in [0.29, 0.717) is 72.9 Å². The zero-order valence-electron chi connectivity index (χ0n) is 23.2. The zero-order chi connectivity index (χ0) is 28.1. The fourth-order valence-corrected chi connectivity index (χ4v) is 5.70. The summed E-state index contributed by atoms with van der Waals surface area (Å²) >= 11 is 0. The molecule has 2 saturated heterocycles. The molecule has 0 spiro atoms. The number of hydrogen-bond donors (Lipinski definition) is 3. The summed E-state index contributed by atoms with van der Waals surface area (Å²) in [7, 11) is 0. The Morgan fingerprint density at radius 3 is 2.08 bits per heavy atom. The van der Waals surface area contributed by atoms with Gasteiger partial charge in [0.15, 0.2) is 11.6 Å². The predicted molar refractivity (Wildman–Crippen MR) is 153 cm³/mol. The van der Waals surface area contributed by atoms with Crippen LogP contribution < -0.4 is 10.6 Å². The van der Waals surface area contributed by atoms with Crippen molar-refractivity contribution < 1.29 is 24.2 Å². The summed E-state index contributed by atoms with van der Waals surface area (Å²) in [6.45, 7) is 9.99. The second-order valence-electron chi connectivity index (χ2n) is 10.7. The number of aliphatic hydroxyl groups is 1. The van der Waals surface area contributed by atoms with E-state index in [1.54, 1.807) is 31.2 Å². The lowest BCUT2D eigenvalue weighted by molar-refractivity contribution is -0.130. The molecule has 2 aliphatic heterocycles. The lowest BCUT2D eigenvalue weighted by Crippen LogP contribution is -2.50. The zero-order valence-corrected chi connectivity index (χ0v) is 23.2. The van der Waals surface area contributed by atoms with Crippen LogP contribution in [0.2, 0.25) is 0 Å². The molecule has 5 rings (SSSR count). The molecule has 2 aromatic rings. The Morgan fingerprint density at radius 1 is 0.875 bits per heavy atom. The fraction of sp³-hybridized carbons (Fsp3) is 0.500. The number of ketones is 2. The van der Waals surface area contributed by atoms with Crippen LogP contribution in [0, 0.1) is 0 Å². The molecule has 0 radical (unpaired) electrons. The average Bonchev–Trinajstić information content (AvgIpc) is 2.98. The first-order valence-corrected chi connectivity index (χ1v) is 14.2. The monoisotopic (exact) mass is 549 g/mol. The molecule has 3 aliphatic rings. The van der Waals surface area contributed by atoms with Gasteiger partial charge in [0.05, 0.1) is 30.4 Å². The minimum absolute atomic E-state index is 0.0717. The fourth-order valence-electron chi connectivity index (χ4n) is 5.70. The Bertz CT molecular complexity index is 1240. The molecule has 3 N–H and O–H groups in total. The number of aliphatic hydroxyl groups excluding tert-OH is 1. The smallest absolute Gasteiger partial charge is 0.219 e. The van der Waals surface area contributed by atoms with Crippen LogP contribution in [-0.2, 0) is 9.53 Å². The molecule has 1 amide bonds. The normalized spacial score (nSPS) is 18.7. The lowest BCUT2D eigenvalue weighted by Gasteiger charge is -2.35. The van der Waals surface area contributed by atoms with Gasteiger partial charge in [-0.15, -0.1) is 0 Å². The maximum atomic E-state index is 13.7. The van der Waals surface area contributed by atoms with Crippen LogP contribution in [0.25, 0.3) is 0 Å². The standard InChI is InChI=1S/C30H39N5O5/c1-21(36)35-13-11-34(12-14-35)20-22(37)19-32-26-8-7-25(31-9-4-10-33-15-17-40-18-16-33)27-28(26)30(39)24-6-3-2-5-23(24)29(27)38/h2-3,5-8,22,31-32,37H,4,9-20H2,1H3. The van der Waals surface area contributed by atoms with Crippen molar-refractivity contribution in [1.82, 2.24) is 14.7 Å². The third-order valence-corrected chi connectivity index (χ3v) is 7.96. The van der Waals surface area contributed by atoms with E-state index in [1.807, 2.05) is 17.0 Å². The number of β-amino-alcohol motifs (C(OH)–C–C–N with tert-alkyl or cyclic N) is 1. The summed E-state index contributed by atoms with van der Waals surface area (Å²) in [5.74, 6) is -0.296. The first-order valence-electron chi connectivity index (χ1n) is 14.2.